The van der Waals surface area contributed by atoms with E-state index in [1.165, 1.54) is 0 Å². The van der Waals surface area contributed by atoms with Crippen molar-refractivity contribution >= 4 is 31.8 Å². The van der Waals surface area contributed by atoms with Crippen LogP contribution >= 0.6 is 0 Å². The van der Waals surface area contributed by atoms with Gasteiger partial charge in [-0.25, -0.2) is 13.4 Å². The SMILES string of the molecule is CCc1ncc(-c2cccc(S(=O)(=O)CC)c2)c2c1[nH]c1ncc(C)cc12. The molecule has 0 aliphatic heterocycles. The number of aryl methyl sites for hydroxylation is 2. The van der Waals surface area contributed by atoms with Crippen LogP contribution in [0.2, 0.25) is 0 Å². The number of benzene rings is 1. The van der Waals surface area contributed by atoms with Crippen LogP contribution in [0.25, 0.3) is 33.1 Å². The molecule has 0 fully saturated rings. The van der Waals surface area contributed by atoms with E-state index >= 15 is 0 Å². The highest BCUT2D eigenvalue weighted by atomic mass is 32.2. The summed E-state index contributed by atoms with van der Waals surface area (Å²) in [5.74, 6) is 0.0785. The van der Waals surface area contributed by atoms with E-state index in [2.05, 4.69) is 27.9 Å². The highest BCUT2D eigenvalue weighted by Crippen LogP contribution is 2.36. The van der Waals surface area contributed by atoms with E-state index in [9.17, 15) is 8.42 Å². The molecule has 138 valence electrons. The van der Waals surface area contributed by atoms with Gasteiger partial charge in [0, 0.05) is 28.7 Å². The van der Waals surface area contributed by atoms with Crippen molar-refractivity contribution in [2.24, 2.45) is 0 Å². The maximum absolute atomic E-state index is 12.3. The third kappa shape index (κ3) is 2.90. The molecule has 0 unspecified atom stereocenters. The number of sulfone groups is 1. The first-order chi connectivity index (χ1) is 12.9. The van der Waals surface area contributed by atoms with Crippen LogP contribution in [0.1, 0.15) is 25.1 Å². The number of nitrogens with zero attached hydrogens (tertiary/aromatic N) is 2. The van der Waals surface area contributed by atoms with Crippen LogP contribution in [0.15, 0.2) is 47.6 Å². The van der Waals surface area contributed by atoms with E-state index in [0.29, 0.717) is 4.90 Å². The summed E-state index contributed by atoms with van der Waals surface area (Å²) in [6.45, 7) is 5.74. The van der Waals surface area contributed by atoms with E-state index in [1.54, 1.807) is 25.1 Å². The summed E-state index contributed by atoms with van der Waals surface area (Å²) >= 11 is 0. The second-order valence-corrected chi connectivity index (χ2v) is 8.97. The van der Waals surface area contributed by atoms with Crippen LogP contribution in [-0.2, 0) is 16.3 Å². The van der Waals surface area contributed by atoms with Crippen molar-refractivity contribution in [1.82, 2.24) is 15.0 Å². The van der Waals surface area contributed by atoms with E-state index < -0.39 is 9.84 Å². The van der Waals surface area contributed by atoms with E-state index in [4.69, 9.17) is 0 Å². The Hall–Kier alpha value is -2.73. The molecular weight excluding hydrogens is 358 g/mol. The molecule has 1 aromatic carbocycles. The largest absolute Gasteiger partial charge is 0.338 e. The molecule has 4 rings (SSSR count). The van der Waals surface area contributed by atoms with Gasteiger partial charge >= 0.3 is 0 Å². The molecular formula is C21H21N3O2S. The quantitative estimate of drug-likeness (QED) is 0.569. The maximum Gasteiger partial charge on any atom is 0.178 e. The van der Waals surface area contributed by atoms with Crippen LogP contribution in [0.5, 0.6) is 0 Å². The molecule has 0 aliphatic carbocycles. The first kappa shape index (κ1) is 17.7. The minimum absolute atomic E-state index is 0.0785. The lowest BCUT2D eigenvalue weighted by molar-refractivity contribution is 0.597. The number of hydrogen-bond donors (Lipinski definition) is 1. The Bertz CT molecular complexity index is 1270. The van der Waals surface area contributed by atoms with Gasteiger partial charge < -0.3 is 4.98 Å². The molecule has 5 nitrogen and oxygen atoms in total. The van der Waals surface area contributed by atoms with Gasteiger partial charge in [0.1, 0.15) is 5.65 Å². The summed E-state index contributed by atoms with van der Waals surface area (Å²) in [7, 11) is -3.27. The number of rotatable bonds is 4. The molecule has 0 amide bonds. The summed E-state index contributed by atoms with van der Waals surface area (Å²) in [4.78, 5) is 12.9. The molecule has 1 N–H and O–H groups in total. The molecule has 6 heteroatoms. The van der Waals surface area contributed by atoms with E-state index in [-0.39, 0.29) is 5.75 Å². The van der Waals surface area contributed by atoms with Gasteiger partial charge in [-0.3, -0.25) is 4.98 Å². The average molecular weight is 379 g/mol. The fourth-order valence-electron chi connectivity index (χ4n) is 3.45. The van der Waals surface area contributed by atoms with Crippen LogP contribution in [0.4, 0.5) is 0 Å². The minimum Gasteiger partial charge on any atom is -0.338 e. The summed E-state index contributed by atoms with van der Waals surface area (Å²) in [6.07, 6.45) is 4.48. The number of aromatic amines is 1. The number of pyridine rings is 2. The Morgan fingerprint density at radius 2 is 1.89 bits per heavy atom. The maximum atomic E-state index is 12.3. The molecule has 0 radical (unpaired) electrons. The smallest absolute Gasteiger partial charge is 0.178 e. The van der Waals surface area contributed by atoms with Gasteiger partial charge in [0.15, 0.2) is 9.84 Å². The van der Waals surface area contributed by atoms with Crippen molar-refractivity contribution in [3.63, 3.8) is 0 Å². The lowest BCUT2D eigenvalue weighted by atomic mass is 10.0. The summed E-state index contributed by atoms with van der Waals surface area (Å²) in [5, 5.41) is 2.07. The fourth-order valence-corrected chi connectivity index (χ4v) is 4.38. The molecule has 0 saturated heterocycles. The van der Waals surface area contributed by atoms with Gasteiger partial charge in [-0.15, -0.1) is 0 Å². The summed E-state index contributed by atoms with van der Waals surface area (Å²) in [6, 6.07) is 9.21. The molecule has 0 aliphatic rings. The van der Waals surface area contributed by atoms with Gasteiger partial charge in [-0.2, -0.15) is 0 Å². The zero-order valence-electron chi connectivity index (χ0n) is 15.6. The lowest BCUT2D eigenvalue weighted by Crippen LogP contribution is -2.03. The van der Waals surface area contributed by atoms with E-state index in [1.807, 2.05) is 25.4 Å². The van der Waals surface area contributed by atoms with E-state index in [0.717, 1.165) is 50.7 Å². The first-order valence-electron chi connectivity index (χ1n) is 9.03. The van der Waals surface area contributed by atoms with Crippen LogP contribution in [-0.4, -0.2) is 29.1 Å². The van der Waals surface area contributed by atoms with Crippen molar-refractivity contribution in [3.05, 3.63) is 54.0 Å². The number of H-pyrrole nitrogens is 1. The standard InChI is InChI=1S/C21H21N3O2S/c1-4-18-20-19(16-9-13(3)11-23-21(16)24-20)17(12-22-18)14-7-6-8-15(10-14)27(25,26)5-2/h6-12H,4-5H2,1-3H3,(H,23,24). The Balaban J connectivity index is 2.07. The molecule has 4 aromatic rings. The number of nitrogens with one attached hydrogen (secondary N) is 1. The number of fused-ring (bicyclic) bond motifs is 3. The predicted octanol–water partition coefficient (Wildman–Crippen LogP) is 4.44. The van der Waals surface area contributed by atoms with Crippen LogP contribution in [0, 0.1) is 6.92 Å². The second kappa shape index (κ2) is 6.46. The first-order valence-corrected chi connectivity index (χ1v) is 10.7. The topological polar surface area (TPSA) is 75.7 Å². The molecule has 3 aromatic heterocycles. The van der Waals surface area contributed by atoms with Crippen molar-refractivity contribution < 1.29 is 8.42 Å². The second-order valence-electron chi connectivity index (χ2n) is 6.69. The third-order valence-electron chi connectivity index (χ3n) is 4.91. The Morgan fingerprint density at radius 1 is 1.07 bits per heavy atom. The number of hydrogen-bond acceptors (Lipinski definition) is 4. The van der Waals surface area contributed by atoms with Crippen molar-refractivity contribution in [2.75, 3.05) is 5.75 Å². The summed E-state index contributed by atoms with van der Waals surface area (Å²) in [5.41, 5.74) is 5.58. The van der Waals surface area contributed by atoms with Gasteiger partial charge in [-0.05, 0) is 42.7 Å². The average Bonchev–Trinajstić information content (AvgIpc) is 3.06. The van der Waals surface area contributed by atoms with Crippen LogP contribution in [0.3, 0.4) is 0 Å². The molecule has 0 spiro atoms. The van der Waals surface area contributed by atoms with Crippen molar-refractivity contribution in [3.8, 4) is 11.1 Å². The van der Waals surface area contributed by atoms with Gasteiger partial charge in [0.25, 0.3) is 0 Å². The lowest BCUT2D eigenvalue weighted by Gasteiger charge is -2.09. The Labute approximate surface area is 158 Å². The Kier molecular flexibility index (Phi) is 4.23. The number of aromatic nitrogens is 3. The van der Waals surface area contributed by atoms with Gasteiger partial charge in [0.2, 0.25) is 0 Å². The fraction of sp³-hybridized carbons (Fsp3) is 0.238. The Morgan fingerprint density at radius 3 is 2.63 bits per heavy atom. The molecule has 27 heavy (non-hydrogen) atoms. The molecule has 0 atom stereocenters. The molecule has 3 heterocycles. The highest BCUT2D eigenvalue weighted by molar-refractivity contribution is 7.91. The molecule has 0 bridgehead atoms. The zero-order valence-corrected chi connectivity index (χ0v) is 16.4. The van der Waals surface area contributed by atoms with Gasteiger partial charge in [0.05, 0.1) is 21.9 Å². The highest BCUT2D eigenvalue weighted by Gasteiger charge is 2.17. The normalized spacial score (nSPS) is 12.1. The van der Waals surface area contributed by atoms with Gasteiger partial charge in [-0.1, -0.05) is 26.0 Å². The van der Waals surface area contributed by atoms with Crippen molar-refractivity contribution in [1.29, 1.82) is 0 Å². The molecule has 0 saturated carbocycles. The zero-order chi connectivity index (χ0) is 19.2. The summed E-state index contributed by atoms with van der Waals surface area (Å²) < 4.78 is 24.6. The van der Waals surface area contributed by atoms with Crippen molar-refractivity contribution in [2.45, 2.75) is 32.1 Å². The third-order valence-corrected chi connectivity index (χ3v) is 6.65. The predicted molar refractivity (Wildman–Crippen MR) is 109 cm³/mol. The minimum atomic E-state index is -3.27. The monoisotopic (exact) mass is 379 g/mol. The van der Waals surface area contributed by atoms with Crippen LogP contribution < -0.4 is 0 Å².